The number of rotatable bonds is 3. The summed E-state index contributed by atoms with van der Waals surface area (Å²) in [6.45, 7) is 1.94. The highest BCUT2D eigenvalue weighted by molar-refractivity contribution is 5.49. The van der Waals surface area contributed by atoms with Gasteiger partial charge in [0.25, 0.3) is 0 Å². The molecule has 17 heavy (non-hydrogen) atoms. The standard InChI is InChI=1S/C9H14N8/c1-5(8-16-12-4-17(8)2)13-7-3-6(10)14-9(11)15-7/h3-5H,1-2H3,(H5,10,11,13,14,15). The number of hydrogen-bond acceptors (Lipinski definition) is 7. The first-order valence-corrected chi connectivity index (χ1v) is 5.06. The minimum Gasteiger partial charge on any atom is -0.383 e. The van der Waals surface area contributed by atoms with E-state index in [1.807, 2.05) is 18.5 Å². The number of nitrogens with one attached hydrogen (secondary N) is 1. The van der Waals surface area contributed by atoms with Crippen molar-refractivity contribution in [3.63, 3.8) is 0 Å². The maximum atomic E-state index is 5.58. The second-order valence-corrected chi connectivity index (χ2v) is 3.70. The van der Waals surface area contributed by atoms with Gasteiger partial charge in [-0.05, 0) is 6.92 Å². The van der Waals surface area contributed by atoms with Crippen LogP contribution in [0.3, 0.4) is 0 Å². The van der Waals surface area contributed by atoms with Crippen LogP contribution in [0.5, 0.6) is 0 Å². The fraction of sp³-hybridized carbons (Fsp3) is 0.333. The van der Waals surface area contributed by atoms with Crippen molar-refractivity contribution in [1.82, 2.24) is 24.7 Å². The van der Waals surface area contributed by atoms with Crippen LogP contribution in [0.25, 0.3) is 0 Å². The van der Waals surface area contributed by atoms with E-state index >= 15 is 0 Å². The largest absolute Gasteiger partial charge is 0.383 e. The summed E-state index contributed by atoms with van der Waals surface area (Å²) in [7, 11) is 1.87. The number of hydrogen-bond donors (Lipinski definition) is 3. The third kappa shape index (κ3) is 2.41. The lowest BCUT2D eigenvalue weighted by Crippen LogP contribution is -2.14. The highest BCUT2D eigenvalue weighted by Crippen LogP contribution is 2.17. The minimum atomic E-state index is -0.0591. The molecule has 5 N–H and O–H groups in total. The third-order valence-corrected chi connectivity index (χ3v) is 2.26. The Kier molecular flexibility index (Phi) is 2.77. The summed E-state index contributed by atoms with van der Waals surface area (Å²) in [4.78, 5) is 7.82. The summed E-state index contributed by atoms with van der Waals surface area (Å²) in [5.41, 5.74) is 11.1. The Balaban J connectivity index is 2.18. The van der Waals surface area contributed by atoms with Gasteiger partial charge < -0.3 is 21.4 Å². The second-order valence-electron chi connectivity index (χ2n) is 3.70. The number of nitrogens with zero attached hydrogens (tertiary/aromatic N) is 5. The van der Waals surface area contributed by atoms with E-state index in [-0.39, 0.29) is 12.0 Å². The maximum absolute atomic E-state index is 5.58. The first kappa shape index (κ1) is 11.1. The highest BCUT2D eigenvalue weighted by atomic mass is 15.3. The SMILES string of the molecule is CC(Nc1cc(N)nc(N)n1)c1nncn1C. The summed E-state index contributed by atoms with van der Waals surface area (Å²) in [6, 6.07) is 1.56. The second kappa shape index (κ2) is 4.24. The van der Waals surface area contributed by atoms with Crippen molar-refractivity contribution in [2.45, 2.75) is 13.0 Å². The molecule has 0 spiro atoms. The molecule has 0 aliphatic rings. The van der Waals surface area contributed by atoms with Crippen molar-refractivity contribution in [3.8, 4) is 0 Å². The van der Waals surface area contributed by atoms with Gasteiger partial charge in [-0.25, -0.2) is 0 Å². The van der Waals surface area contributed by atoms with E-state index in [0.29, 0.717) is 11.6 Å². The number of nitrogens with two attached hydrogens (primary N) is 2. The van der Waals surface area contributed by atoms with Gasteiger partial charge in [0, 0.05) is 13.1 Å². The van der Waals surface area contributed by atoms with Crippen LogP contribution in [-0.2, 0) is 7.05 Å². The zero-order valence-electron chi connectivity index (χ0n) is 9.62. The molecule has 0 aliphatic heterocycles. The summed E-state index contributed by atoms with van der Waals surface area (Å²) in [5, 5.41) is 10.9. The first-order valence-electron chi connectivity index (χ1n) is 5.06. The molecule has 1 unspecified atom stereocenters. The van der Waals surface area contributed by atoms with Gasteiger partial charge in [0.15, 0.2) is 5.82 Å². The van der Waals surface area contributed by atoms with E-state index in [1.54, 1.807) is 12.4 Å². The van der Waals surface area contributed by atoms with Crippen LogP contribution in [0.1, 0.15) is 18.8 Å². The topological polar surface area (TPSA) is 121 Å². The van der Waals surface area contributed by atoms with Crippen molar-refractivity contribution in [3.05, 3.63) is 18.2 Å². The molecule has 90 valence electrons. The molecule has 8 nitrogen and oxygen atoms in total. The van der Waals surface area contributed by atoms with E-state index in [9.17, 15) is 0 Å². The fourth-order valence-corrected chi connectivity index (χ4v) is 1.53. The van der Waals surface area contributed by atoms with Crippen molar-refractivity contribution < 1.29 is 0 Å². The molecule has 2 aromatic heterocycles. The van der Waals surface area contributed by atoms with Gasteiger partial charge in [-0.2, -0.15) is 9.97 Å². The Morgan fingerprint density at radius 1 is 1.35 bits per heavy atom. The van der Waals surface area contributed by atoms with Crippen molar-refractivity contribution in [2.24, 2.45) is 7.05 Å². The van der Waals surface area contributed by atoms with Crippen LogP contribution < -0.4 is 16.8 Å². The summed E-state index contributed by atoms with van der Waals surface area (Å²) < 4.78 is 1.82. The summed E-state index contributed by atoms with van der Waals surface area (Å²) in [5.74, 6) is 1.81. The molecule has 0 aromatic carbocycles. The van der Waals surface area contributed by atoms with E-state index < -0.39 is 0 Å². The third-order valence-electron chi connectivity index (χ3n) is 2.26. The molecule has 0 saturated carbocycles. The number of aryl methyl sites for hydroxylation is 1. The molecule has 0 bridgehead atoms. The van der Waals surface area contributed by atoms with Crippen LogP contribution in [0.2, 0.25) is 0 Å². The molecule has 2 heterocycles. The molecule has 2 rings (SSSR count). The van der Waals surface area contributed by atoms with Gasteiger partial charge in [-0.15, -0.1) is 10.2 Å². The Hall–Kier alpha value is -2.38. The monoisotopic (exact) mass is 234 g/mol. The molecule has 0 saturated heterocycles. The van der Waals surface area contributed by atoms with Gasteiger partial charge in [0.1, 0.15) is 18.0 Å². The lowest BCUT2D eigenvalue weighted by atomic mass is 10.3. The van der Waals surface area contributed by atoms with Gasteiger partial charge >= 0.3 is 0 Å². The van der Waals surface area contributed by atoms with Crippen molar-refractivity contribution >= 4 is 17.6 Å². The van der Waals surface area contributed by atoms with E-state index in [0.717, 1.165) is 5.82 Å². The molecular formula is C9H14N8. The van der Waals surface area contributed by atoms with Crippen molar-refractivity contribution in [2.75, 3.05) is 16.8 Å². The van der Waals surface area contributed by atoms with Gasteiger partial charge in [-0.1, -0.05) is 0 Å². The molecule has 2 aromatic rings. The van der Waals surface area contributed by atoms with Gasteiger partial charge in [0.05, 0.1) is 6.04 Å². The molecule has 0 aliphatic carbocycles. The zero-order valence-corrected chi connectivity index (χ0v) is 9.62. The van der Waals surface area contributed by atoms with Crippen LogP contribution in [0.4, 0.5) is 17.6 Å². The smallest absolute Gasteiger partial charge is 0.223 e. The van der Waals surface area contributed by atoms with E-state index in [2.05, 4.69) is 25.5 Å². The zero-order chi connectivity index (χ0) is 12.4. The summed E-state index contributed by atoms with van der Waals surface area (Å²) in [6.07, 6.45) is 1.64. The lowest BCUT2D eigenvalue weighted by molar-refractivity contribution is 0.716. The maximum Gasteiger partial charge on any atom is 0.223 e. The Labute approximate surface area is 98.1 Å². The molecule has 0 amide bonds. The molecular weight excluding hydrogens is 220 g/mol. The first-order chi connectivity index (χ1) is 8.06. The normalized spacial score (nSPS) is 12.4. The van der Waals surface area contributed by atoms with Crippen molar-refractivity contribution in [1.29, 1.82) is 0 Å². The average Bonchev–Trinajstić information content (AvgIpc) is 2.62. The van der Waals surface area contributed by atoms with Crippen LogP contribution >= 0.6 is 0 Å². The minimum absolute atomic E-state index is 0.0591. The average molecular weight is 234 g/mol. The summed E-state index contributed by atoms with van der Waals surface area (Å²) >= 11 is 0. The quantitative estimate of drug-likeness (QED) is 0.680. The Morgan fingerprint density at radius 2 is 2.12 bits per heavy atom. The molecule has 0 fully saturated rings. The van der Waals surface area contributed by atoms with E-state index in [1.165, 1.54) is 0 Å². The van der Waals surface area contributed by atoms with Crippen LogP contribution in [-0.4, -0.2) is 24.7 Å². The van der Waals surface area contributed by atoms with E-state index in [4.69, 9.17) is 11.5 Å². The Bertz CT molecular complexity index is 499. The van der Waals surface area contributed by atoms with Crippen LogP contribution in [0.15, 0.2) is 12.4 Å². The lowest BCUT2D eigenvalue weighted by Gasteiger charge is -2.13. The predicted octanol–water partition coefficient (Wildman–Crippen LogP) is -0.0574. The molecule has 8 heteroatoms. The molecule has 0 radical (unpaired) electrons. The fourth-order valence-electron chi connectivity index (χ4n) is 1.53. The van der Waals surface area contributed by atoms with Gasteiger partial charge in [0.2, 0.25) is 5.95 Å². The predicted molar refractivity (Wildman–Crippen MR) is 63.9 cm³/mol. The Morgan fingerprint density at radius 3 is 2.71 bits per heavy atom. The number of nitrogen functional groups attached to an aromatic ring is 2. The van der Waals surface area contributed by atoms with Gasteiger partial charge in [-0.3, -0.25) is 0 Å². The number of aromatic nitrogens is 5. The molecule has 1 atom stereocenters. The number of anilines is 3. The highest BCUT2D eigenvalue weighted by Gasteiger charge is 2.12. The van der Waals surface area contributed by atoms with Crippen LogP contribution in [0, 0.1) is 0 Å².